The highest BCUT2D eigenvalue weighted by Gasteiger charge is 2.08. The van der Waals surface area contributed by atoms with Gasteiger partial charge in [-0.2, -0.15) is 0 Å². The molecule has 0 aromatic heterocycles. The van der Waals surface area contributed by atoms with Crippen molar-refractivity contribution in [3.63, 3.8) is 0 Å². The molecule has 0 aromatic rings. The van der Waals surface area contributed by atoms with Gasteiger partial charge in [-0.25, -0.2) is 0 Å². The molecule has 1 N–H and O–H groups in total. The van der Waals surface area contributed by atoms with Gasteiger partial charge in [0, 0.05) is 25.4 Å². The van der Waals surface area contributed by atoms with Crippen LogP contribution in [0.3, 0.4) is 0 Å². The van der Waals surface area contributed by atoms with Gasteiger partial charge >= 0.3 is 0 Å². The van der Waals surface area contributed by atoms with E-state index in [1.807, 2.05) is 40.8 Å². The third-order valence-corrected chi connectivity index (χ3v) is 1.87. The van der Waals surface area contributed by atoms with E-state index in [-0.39, 0.29) is 5.91 Å². The number of nitrogens with zero attached hydrogens (tertiary/aromatic N) is 1. The van der Waals surface area contributed by atoms with E-state index in [1.54, 1.807) is 0 Å². The van der Waals surface area contributed by atoms with E-state index in [1.165, 1.54) is 5.57 Å². The lowest BCUT2D eigenvalue weighted by atomic mass is 10.2. The van der Waals surface area contributed by atoms with Crippen LogP contribution in [0.2, 0.25) is 0 Å². The highest BCUT2D eigenvalue weighted by atomic mass is 16.1. The Labute approximate surface area is 92.8 Å². The van der Waals surface area contributed by atoms with Crippen molar-refractivity contribution in [3.8, 4) is 0 Å². The van der Waals surface area contributed by atoms with Crippen LogP contribution in [0.5, 0.6) is 0 Å². The lowest BCUT2D eigenvalue weighted by Crippen LogP contribution is -2.30. The summed E-state index contributed by atoms with van der Waals surface area (Å²) in [7, 11) is 1.99. The molecule has 0 aliphatic carbocycles. The second-order valence-corrected chi connectivity index (χ2v) is 3.36. The van der Waals surface area contributed by atoms with Crippen LogP contribution in [-0.4, -0.2) is 24.4 Å². The molecule has 0 saturated carbocycles. The summed E-state index contributed by atoms with van der Waals surface area (Å²) in [4.78, 5) is 13.2. The molecule has 0 saturated heterocycles. The second kappa shape index (κ2) is 7.10. The Balaban J connectivity index is 0.000000921. The maximum absolute atomic E-state index is 11.1. The van der Waals surface area contributed by atoms with Crippen LogP contribution in [0.25, 0.3) is 0 Å². The molecule has 1 amide bonds. The highest BCUT2D eigenvalue weighted by Crippen LogP contribution is 2.09. The molecule has 0 spiro atoms. The number of nitrogens with one attached hydrogen (secondary N) is 1. The first-order chi connectivity index (χ1) is 7.11. The predicted octanol–water partition coefficient (Wildman–Crippen LogP) is 2.27. The first-order valence-corrected chi connectivity index (χ1v) is 5.51. The Morgan fingerprint density at radius 1 is 1.53 bits per heavy atom. The minimum Gasteiger partial charge on any atom is -0.374 e. The van der Waals surface area contributed by atoms with E-state index in [9.17, 15) is 4.79 Å². The lowest BCUT2D eigenvalue weighted by molar-refractivity contribution is -0.120. The van der Waals surface area contributed by atoms with E-state index >= 15 is 0 Å². The van der Waals surface area contributed by atoms with Gasteiger partial charge < -0.3 is 10.2 Å². The number of amides is 1. The Kier molecular flexibility index (Phi) is 6.50. The fourth-order valence-electron chi connectivity index (χ4n) is 1.36. The van der Waals surface area contributed by atoms with E-state index in [2.05, 4.69) is 16.4 Å². The SMILES string of the molecule is CC.CCC(=O)NC1=CC(C)=CN(C)C1. The van der Waals surface area contributed by atoms with Gasteiger partial charge in [-0.15, -0.1) is 0 Å². The molecular formula is C12H22N2O. The van der Waals surface area contributed by atoms with Gasteiger partial charge in [0.1, 0.15) is 0 Å². The van der Waals surface area contributed by atoms with Crippen LogP contribution in [0, 0.1) is 0 Å². The molecule has 1 heterocycles. The average molecular weight is 210 g/mol. The van der Waals surface area contributed by atoms with Crippen LogP contribution in [-0.2, 0) is 4.79 Å². The molecule has 0 bridgehead atoms. The molecule has 1 aliphatic heterocycles. The molecule has 0 radical (unpaired) electrons. The largest absolute Gasteiger partial charge is 0.374 e. The van der Waals surface area contributed by atoms with Gasteiger partial charge in [0.2, 0.25) is 5.91 Å². The third kappa shape index (κ3) is 5.25. The van der Waals surface area contributed by atoms with Crippen molar-refractivity contribution < 1.29 is 4.79 Å². The molecule has 15 heavy (non-hydrogen) atoms. The zero-order valence-corrected chi connectivity index (χ0v) is 10.4. The summed E-state index contributed by atoms with van der Waals surface area (Å²) in [6, 6.07) is 0. The van der Waals surface area contributed by atoms with E-state index < -0.39 is 0 Å². The van der Waals surface area contributed by atoms with Crippen molar-refractivity contribution >= 4 is 5.91 Å². The van der Waals surface area contributed by atoms with Gasteiger partial charge in [-0.3, -0.25) is 4.79 Å². The number of hydrogen-bond acceptors (Lipinski definition) is 2. The first-order valence-electron chi connectivity index (χ1n) is 5.51. The Bertz CT molecular complexity index is 267. The second-order valence-electron chi connectivity index (χ2n) is 3.36. The van der Waals surface area contributed by atoms with Gasteiger partial charge in [0.15, 0.2) is 0 Å². The van der Waals surface area contributed by atoms with Crippen molar-refractivity contribution in [1.29, 1.82) is 0 Å². The Morgan fingerprint density at radius 3 is 2.60 bits per heavy atom. The Morgan fingerprint density at radius 2 is 2.13 bits per heavy atom. The van der Waals surface area contributed by atoms with Crippen molar-refractivity contribution in [2.75, 3.05) is 13.6 Å². The van der Waals surface area contributed by atoms with Crippen molar-refractivity contribution in [2.45, 2.75) is 34.1 Å². The van der Waals surface area contributed by atoms with Crippen molar-refractivity contribution in [1.82, 2.24) is 10.2 Å². The molecular weight excluding hydrogens is 188 g/mol. The summed E-state index contributed by atoms with van der Waals surface area (Å²) >= 11 is 0. The van der Waals surface area contributed by atoms with Crippen LogP contribution in [0.4, 0.5) is 0 Å². The average Bonchev–Trinajstić information content (AvgIpc) is 2.19. The fourth-order valence-corrected chi connectivity index (χ4v) is 1.36. The number of hydrogen-bond donors (Lipinski definition) is 1. The Hall–Kier alpha value is -1.25. The third-order valence-electron chi connectivity index (χ3n) is 1.87. The molecule has 0 fully saturated rings. The predicted molar refractivity (Wildman–Crippen MR) is 64.3 cm³/mol. The summed E-state index contributed by atoms with van der Waals surface area (Å²) in [5, 5.41) is 2.87. The highest BCUT2D eigenvalue weighted by molar-refractivity contribution is 5.77. The molecule has 3 nitrogen and oxygen atoms in total. The normalized spacial score (nSPS) is 14.6. The summed E-state index contributed by atoms with van der Waals surface area (Å²) in [6.45, 7) is 8.65. The summed E-state index contributed by atoms with van der Waals surface area (Å²) in [5.41, 5.74) is 2.15. The molecule has 1 aliphatic rings. The zero-order valence-electron chi connectivity index (χ0n) is 10.4. The maximum atomic E-state index is 11.1. The molecule has 3 heteroatoms. The maximum Gasteiger partial charge on any atom is 0.223 e. The molecule has 0 atom stereocenters. The molecule has 0 unspecified atom stereocenters. The fraction of sp³-hybridized carbons (Fsp3) is 0.583. The van der Waals surface area contributed by atoms with Crippen LogP contribution < -0.4 is 5.32 Å². The molecule has 86 valence electrons. The number of likely N-dealkylation sites (N-methyl/N-ethyl adjacent to an activating group) is 1. The van der Waals surface area contributed by atoms with Gasteiger partial charge in [-0.05, 0) is 18.6 Å². The summed E-state index contributed by atoms with van der Waals surface area (Å²) in [5.74, 6) is 0.0781. The minimum absolute atomic E-state index is 0.0781. The number of rotatable bonds is 2. The van der Waals surface area contributed by atoms with E-state index in [0.29, 0.717) is 6.42 Å². The summed E-state index contributed by atoms with van der Waals surface area (Å²) < 4.78 is 0. The number of carbonyl (C=O) groups excluding carboxylic acids is 1. The lowest BCUT2D eigenvalue weighted by Gasteiger charge is -2.22. The van der Waals surface area contributed by atoms with Crippen LogP contribution >= 0.6 is 0 Å². The molecule has 0 aromatic carbocycles. The first kappa shape index (κ1) is 13.8. The van der Waals surface area contributed by atoms with Gasteiger partial charge in [-0.1, -0.05) is 20.8 Å². The smallest absolute Gasteiger partial charge is 0.223 e. The monoisotopic (exact) mass is 210 g/mol. The quantitative estimate of drug-likeness (QED) is 0.758. The van der Waals surface area contributed by atoms with Crippen LogP contribution in [0.1, 0.15) is 34.1 Å². The number of allylic oxidation sites excluding steroid dienone is 2. The van der Waals surface area contributed by atoms with Gasteiger partial charge in [0.05, 0.1) is 6.54 Å². The summed E-state index contributed by atoms with van der Waals surface area (Å²) in [6.07, 6.45) is 4.60. The van der Waals surface area contributed by atoms with Crippen molar-refractivity contribution in [2.24, 2.45) is 0 Å². The zero-order chi connectivity index (χ0) is 11.8. The minimum atomic E-state index is 0.0781. The molecule has 1 rings (SSSR count). The number of carbonyl (C=O) groups is 1. The van der Waals surface area contributed by atoms with Crippen molar-refractivity contribution in [3.05, 3.63) is 23.5 Å². The van der Waals surface area contributed by atoms with E-state index in [4.69, 9.17) is 0 Å². The van der Waals surface area contributed by atoms with Crippen LogP contribution in [0.15, 0.2) is 23.5 Å². The van der Waals surface area contributed by atoms with Gasteiger partial charge in [0.25, 0.3) is 0 Å². The van der Waals surface area contributed by atoms with E-state index in [0.717, 1.165) is 12.2 Å². The standard InChI is InChI=1S/C10H16N2O.C2H6/c1-4-10(13)11-9-5-8(2)6-12(3)7-9;1-2/h5-6H,4,7H2,1-3H3,(H,11,13);1-2H3. The topological polar surface area (TPSA) is 32.3 Å².